The number of nitrogens with zero attached hydrogens (tertiary/aromatic N) is 4. The summed E-state index contributed by atoms with van der Waals surface area (Å²) >= 11 is 1.60. The molecule has 0 unspecified atom stereocenters. The fourth-order valence-corrected chi connectivity index (χ4v) is 4.88. The third kappa shape index (κ3) is 4.24. The van der Waals surface area contributed by atoms with Gasteiger partial charge in [-0.05, 0) is 24.3 Å². The Kier molecular flexibility index (Phi) is 5.59. The minimum Gasteiger partial charge on any atom is -0.340 e. The summed E-state index contributed by atoms with van der Waals surface area (Å²) in [6.07, 6.45) is 7.00. The van der Waals surface area contributed by atoms with E-state index in [1.165, 1.54) is 25.7 Å². The van der Waals surface area contributed by atoms with Gasteiger partial charge in [0.15, 0.2) is 5.82 Å². The van der Waals surface area contributed by atoms with Gasteiger partial charge in [-0.1, -0.05) is 43.8 Å². The minimum atomic E-state index is -0.151. The molecule has 0 radical (unpaired) electrons. The Bertz CT molecular complexity index is 742. The topological polar surface area (TPSA) is 62.5 Å². The van der Waals surface area contributed by atoms with Crippen LogP contribution in [0.4, 0.5) is 0 Å². The molecule has 0 N–H and O–H groups in total. The van der Waals surface area contributed by atoms with Crippen molar-refractivity contribution in [1.29, 1.82) is 0 Å². The number of piperazine rings is 1. The van der Waals surface area contributed by atoms with Gasteiger partial charge in [-0.3, -0.25) is 9.69 Å². The highest BCUT2D eigenvalue weighted by Gasteiger charge is 2.37. The van der Waals surface area contributed by atoms with Crippen molar-refractivity contribution in [3.05, 3.63) is 23.3 Å². The fraction of sp³-hybridized carbons (Fsp3) is 0.650. The number of carbonyl (C=O) groups is 1. The van der Waals surface area contributed by atoms with E-state index in [4.69, 9.17) is 4.52 Å². The molecule has 1 aliphatic carbocycles. The molecule has 3 heterocycles. The summed E-state index contributed by atoms with van der Waals surface area (Å²) in [5, 5.41) is 6.12. The number of thiophene rings is 1. The van der Waals surface area contributed by atoms with Crippen LogP contribution in [-0.2, 0) is 11.3 Å². The summed E-state index contributed by atoms with van der Waals surface area (Å²) in [7, 11) is 0. The van der Waals surface area contributed by atoms with Gasteiger partial charge in [-0.2, -0.15) is 4.98 Å². The smallest absolute Gasteiger partial charge is 0.268 e. The molecular weight excluding hydrogens is 360 g/mol. The lowest BCUT2D eigenvalue weighted by Crippen LogP contribution is -2.52. The van der Waals surface area contributed by atoms with Crippen molar-refractivity contribution in [2.24, 2.45) is 5.41 Å². The number of carbonyl (C=O) groups excluding carboxylic acids is 1. The predicted molar refractivity (Wildman–Crippen MR) is 105 cm³/mol. The summed E-state index contributed by atoms with van der Waals surface area (Å²) in [4.78, 5) is 23.0. The Morgan fingerprint density at radius 1 is 1.19 bits per heavy atom. The van der Waals surface area contributed by atoms with Crippen molar-refractivity contribution < 1.29 is 9.32 Å². The van der Waals surface area contributed by atoms with Crippen LogP contribution in [-0.4, -0.2) is 52.0 Å². The van der Waals surface area contributed by atoms with Gasteiger partial charge in [0.25, 0.3) is 5.89 Å². The Morgan fingerprint density at radius 3 is 2.59 bits per heavy atom. The first-order chi connectivity index (χ1) is 13.1. The van der Waals surface area contributed by atoms with Crippen LogP contribution in [0.1, 0.15) is 51.3 Å². The molecule has 1 saturated heterocycles. The van der Waals surface area contributed by atoms with Crippen molar-refractivity contribution >= 4 is 17.2 Å². The summed E-state index contributed by atoms with van der Waals surface area (Å²) < 4.78 is 5.37. The predicted octanol–water partition coefficient (Wildman–Crippen LogP) is 3.80. The van der Waals surface area contributed by atoms with Gasteiger partial charge in [0.1, 0.15) is 0 Å². The summed E-state index contributed by atoms with van der Waals surface area (Å²) in [6.45, 7) is 6.18. The molecule has 146 valence electrons. The lowest BCUT2D eigenvalue weighted by molar-refractivity contribution is -0.144. The lowest BCUT2D eigenvalue weighted by Gasteiger charge is -2.39. The van der Waals surface area contributed by atoms with Crippen molar-refractivity contribution in [2.75, 3.05) is 26.2 Å². The van der Waals surface area contributed by atoms with Crippen LogP contribution in [0.2, 0.25) is 0 Å². The zero-order valence-electron chi connectivity index (χ0n) is 16.0. The molecule has 7 heteroatoms. The van der Waals surface area contributed by atoms with Gasteiger partial charge in [-0.25, -0.2) is 0 Å². The summed E-state index contributed by atoms with van der Waals surface area (Å²) in [5.41, 5.74) is -0.151. The number of hydrogen-bond acceptors (Lipinski definition) is 6. The largest absolute Gasteiger partial charge is 0.340 e. The third-order valence-electron chi connectivity index (χ3n) is 5.95. The van der Waals surface area contributed by atoms with Crippen molar-refractivity contribution in [2.45, 2.75) is 52.0 Å². The Balaban J connectivity index is 1.30. The van der Waals surface area contributed by atoms with E-state index < -0.39 is 0 Å². The molecule has 2 fully saturated rings. The molecule has 0 bridgehead atoms. The van der Waals surface area contributed by atoms with Crippen molar-refractivity contribution in [3.63, 3.8) is 0 Å². The molecule has 0 spiro atoms. The fourth-order valence-electron chi connectivity index (χ4n) is 4.23. The van der Waals surface area contributed by atoms with E-state index in [1.54, 1.807) is 11.3 Å². The number of rotatable bonds is 4. The van der Waals surface area contributed by atoms with Crippen LogP contribution in [0.3, 0.4) is 0 Å². The highest BCUT2D eigenvalue weighted by molar-refractivity contribution is 7.13. The van der Waals surface area contributed by atoms with Gasteiger partial charge >= 0.3 is 0 Å². The maximum absolute atomic E-state index is 13.1. The maximum Gasteiger partial charge on any atom is 0.268 e. The van der Waals surface area contributed by atoms with E-state index in [-0.39, 0.29) is 5.41 Å². The second-order valence-electron chi connectivity index (χ2n) is 8.04. The molecule has 2 aliphatic rings. The highest BCUT2D eigenvalue weighted by Crippen LogP contribution is 2.36. The van der Waals surface area contributed by atoms with E-state index in [1.807, 2.05) is 17.5 Å². The molecule has 0 atom stereocenters. The Morgan fingerprint density at radius 2 is 1.93 bits per heavy atom. The summed E-state index contributed by atoms with van der Waals surface area (Å²) in [5.74, 6) is 1.67. The van der Waals surface area contributed by atoms with Crippen molar-refractivity contribution in [1.82, 2.24) is 19.9 Å². The van der Waals surface area contributed by atoms with Crippen LogP contribution in [0, 0.1) is 5.41 Å². The maximum atomic E-state index is 13.1. The van der Waals surface area contributed by atoms with Crippen molar-refractivity contribution in [3.8, 4) is 10.8 Å². The number of amides is 1. The first-order valence-electron chi connectivity index (χ1n) is 10.0. The molecule has 1 aliphatic heterocycles. The normalized spacial score (nSPS) is 21.1. The van der Waals surface area contributed by atoms with Crippen LogP contribution >= 0.6 is 11.3 Å². The van der Waals surface area contributed by atoms with Gasteiger partial charge in [-0.15, -0.1) is 11.3 Å². The highest BCUT2D eigenvalue weighted by atomic mass is 32.1. The van der Waals surface area contributed by atoms with Gasteiger partial charge < -0.3 is 9.42 Å². The zero-order chi connectivity index (χ0) is 18.7. The molecule has 4 rings (SSSR count). The molecule has 1 saturated carbocycles. The molecule has 27 heavy (non-hydrogen) atoms. The van der Waals surface area contributed by atoms with Gasteiger partial charge in [0.2, 0.25) is 5.91 Å². The molecule has 6 nitrogen and oxygen atoms in total. The SMILES string of the molecule is CC1(C(=O)N2CCN(Cc3noc(-c4cccs4)n3)CC2)CCCCCC1. The van der Waals surface area contributed by atoms with Crippen LogP contribution in [0.25, 0.3) is 10.8 Å². The first-order valence-corrected chi connectivity index (χ1v) is 10.9. The van der Waals surface area contributed by atoms with Gasteiger partial charge in [0, 0.05) is 31.6 Å². The average molecular weight is 389 g/mol. The molecule has 0 aromatic carbocycles. The standard InChI is InChI=1S/C20H28N4O2S/c1-20(8-4-2-3-5-9-20)19(25)24-12-10-23(11-13-24)15-17-21-18(26-22-17)16-7-6-14-27-16/h6-7,14H,2-5,8-13,15H2,1H3. The Hall–Kier alpha value is -1.73. The zero-order valence-corrected chi connectivity index (χ0v) is 16.8. The van der Waals surface area contributed by atoms with E-state index in [0.717, 1.165) is 43.9 Å². The summed E-state index contributed by atoms with van der Waals surface area (Å²) in [6, 6.07) is 3.97. The van der Waals surface area contributed by atoms with E-state index in [2.05, 4.69) is 26.9 Å². The number of aromatic nitrogens is 2. The third-order valence-corrected chi connectivity index (χ3v) is 6.81. The lowest BCUT2D eigenvalue weighted by atomic mass is 9.81. The Labute approximate surface area is 164 Å². The quantitative estimate of drug-likeness (QED) is 0.746. The number of hydrogen-bond donors (Lipinski definition) is 0. The average Bonchev–Trinajstić information content (AvgIpc) is 3.32. The van der Waals surface area contributed by atoms with E-state index >= 15 is 0 Å². The van der Waals surface area contributed by atoms with Crippen LogP contribution < -0.4 is 0 Å². The molecule has 2 aromatic heterocycles. The molecule has 1 amide bonds. The monoisotopic (exact) mass is 388 g/mol. The van der Waals surface area contributed by atoms with Crippen LogP contribution in [0.15, 0.2) is 22.0 Å². The second-order valence-corrected chi connectivity index (χ2v) is 8.98. The van der Waals surface area contributed by atoms with E-state index in [0.29, 0.717) is 24.2 Å². The second kappa shape index (κ2) is 8.10. The first kappa shape index (κ1) is 18.6. The minimum absolute atomic E-state index is 0.151. The van der Waals surface area contributed by atoms with Crippen LogP contribution in [0.5, 0.6) is 0 Å². The van der Waals surface area contributed by atoms with Gasteiger partial charge in [0.05, 0.1) is 11.4 Å². The van der Waals surface area contributed by atoms with E-state index in [9.17, 15) is 4.79 Å². The molecule has 2 aromatic rings. The molecular formula is C20H28N4O2S.